The van der Waals surface area contributed by atoms with E-state index in [1.54, 1.807) is 42.3 Å². The molecule has 37 heavy (non-hydrogen) atoms. The minimum absolute atomic E-state index is 0.0300. The molecular formula is C27H31N7O3. The van der Waals surface area contributed by atoms with Crippen LogP contribution in [-0.4, -0.2) is 44.6 Å². The molecule has 4 aromatic rings. The molecule has 2 aromatic carbocycles. The molecule has 0 radical (unpaired) electrons. The van der Waals surface area contributed by atoms with Crippen LogP contribution in [0.15, 0.2) is 66.9 Å². The third-order valence-corrected chi connectivity index (χ3v) is 6.04. The lowest BCUT2D eigenvalue weighted by molar-refractivity contribution is -0.142. The Kier molecular flexibility index (Phi) is 7.99. The van der Waals surface area contributed by atoms with Gasteiger partial charge in [-0.25, -0.2) is 9.97 Å². The van der Waals surface area contributed by atoms with Crippen LogP contribution in [0.25, 0.3) is 11.0 Å². The summed E-state index contributed by atoms with van der Waals surface area (Å²) in [5, 5.41) is 22.1. The summed E-state index contributed by atoms with van der Waals surface area (Å²) in [7, 11) is 1.95. The zero-order valence-corrected chi connectivity index (χ0v) is 20.9. The summed E-state index contributed by atoms with van der Waals surface area (Å²) in [6.07, 6.45) is 0.738. The van der Waals surface area contributed by atoms with Crippen molar-refractivity contribution in [3.05, 3.63) is 83.8 Å². The number of aromatic nitrogens is 3. The number of benzene rings is 2. The number of nitrogens with zero attached hydrogens (tertiary/aromatic N) is 4. The molecule has 0 spiro atoms. The Morgan fingerprint density at radius 1 is 1.22 bits per heavy atom. The number of ether oxygens (including phenoxy) is 1. The van der Waals surface area contributed by atoms with Crippen molar-refractivity contribution in [2.45, 2.75) is 26.1 Å². The van der Waals surface area contributed by atoms with E-state index >= 15 is 0 Å². The van der Waals surface area contributed by atoms with Gasteiger partial charge >= 0.3 is 5.97 Å². The molecule has 0 aliphatic carbocycles. The van der Waals surface area contributed by atoms with Crippen LogP contribution in [-0.2, 0) is 23.1 Å². The molecular weight excluding hydrogens is 470 g/mol. The number of anilines is 2. The summed E-state index contributed by atoms with van der Waals surface area (Å²) >= 11 is 0. The fraction of sp³-hybridized carbons (Fsp3) is 0.259. The molecule has 0 amide bonds. The van der Waals surface area contributed by atoms with Crippen LogP contribution in [0.3, 0.4) is 0 Å². The van der Waals surface area contributed by atoms with Gasteiger partial charge in [-0.05, 0) is 55.5 Å². The predicted molar refractivity (Wildman–Crippen MR) is 143 cm³/mol. The van der Waals surface area contributed by atoms with Crippen molar-refractivity contribution in [1.29, 1.82) is 5.41 Å². The molecule has 1 atom stereocenters. The number of nitrogens with two attached hydrogens (primary N) is 1. The number of aliphatic hydroxyl groups is 1. The number of carbonyl (C=O) groups excluding carboxylic acids is 1. The molecule has 2 aromatic heterocycles. The SMILES string of the molecule is CCOC(=O)CCN(c1ccccn1)C(O)c1ccc2c(c1)nc(CNc1ccc(C(=N)N)cc1)n2C. The molecule has 2 heterocycles. The molecule has 192 valence electrons. The average molecular weight is 502 g/mol. The second-order valence-electron chi connectivity index (χ2n) is 8.49. The number of amidine groups is 1. The van der Waals surface area contributed by atoms with Gasteiger partial charge in [0.2, 0.25) is 0 Å². The molecule has 5 N–H and O–H groups in total. The van der Waals surface area contributed by atoms with E-state index in [0.717, 1.165) is 22.5 Å². The van der Waals surface area contributed by atoms with Crippen LogP contribution in [0.2, 0.25) is 0 Å². The summed E-state index contributed by atoms with van der Waals surface area (Å²) in [6, 6.07) is 18.4. The number of nitrogen functional groups attached to an aromatic ring is 1. The fourth-order valence-electron chi connectivity index (χ4n) is 4.04. The van der Waals surface area contributed by atoms with E-state index in [1.807, 2.05) is 48.0 Å². The number of esters is 1. The summed E-state index contributed by atoms with van der Waals surface area (Å²) in [6.45, 7) is 2.80. The maximum Gasteiger partial charge on any atom is 0.307 e. The van der Waals surface area contributed by atoms with Crippen LogP contribution >= 0.6 is 0 Å². The average Bonchev–Trinajstić information content (AvgIpc) is 3.23. The number of pyridine rings is 1. The Balaban J connectivity index is 1.54. The number of aliphatic hydroxyl groups excluding tert-OH is 1. The number of fused-ring (bicyclic) bond motifs is 1. The maximum atomic E-state index is 12.0. The monoisotopic (exact) mass is 501 g/mol. The van der Waals surface area contributed by atoms with Gasteiger partial charge in [0.1, 0.15) is 17.5 Å². The van der Waals surface area contributed by atoms with Gasteiger partial charge in [-0.3, -0.25) is 10.2 Å². The molecule has 0 saturated carbocycles. The number of carbonyl (C=O) groups is 1. The Hall–Kier alpha value is -4.44. The van der Waals surface area contributed by atoms with E-state index in [2.05, 4.69) is 10.3 Å². The third kappa shape index (κ3) is 6.04. The highest BCUT2D eigenvalue weighted by molar-refractivity contribution is 5.95. The van der Waals surface area contributed by atoms with Gasteiger partial charge in [0.05, 0.1) is 30.6 Å². The van der Waals surface area contributed by atoms with Crippen LogP contribution in [0.1, 0.15) is 36.5 Å². The largest absolute Gasteiger partial charge is 0.466 e. The number of nitrogens with one attached hydrogen (secondary N) is 2. The first kappa shape index (κ1) is 25.6. The highest BCUT2D eigenvalue weighted by Crippen LogP contribution is 2.27. The van der Waals surface area contributed by atoms with Gasteiger partial charge in [0.25, 0.3) is 0 Å². The van der Waals surface area contributed by atoms with E-state index < -0.39 is 6.23 Å². The second kappa shape index (κ2) is 11.5. The highest BCUT2D eigenvalue weighted by Gasteiger charge is 2.22. The lowest BCUT2D eigenvalue weighted by Crippen LogP contribution is -2.32. The molecule has 1 unspecified atom stereocenters. The Bertz CT molecular complexity index is 1370. The summed E-state index contributed by atoms with van der Waals surface area (Å²) in [5.41, 5.74) is 9.39. The molecule has 10 heteroatoms. The van der Waals surface area contributed by atoms with Crippen molar-refractivity contribution in [1.82, 2.24) is 14.5 Å². The molecule has 4 rings (SSSR count). The molecule has 0 fully saturated rings. The Labute approximate surface area is 215 Å². The van der Waals surface area contributed by atoms with E-state index in [4.69, 9.17) is 20.9 Å². The van der Waals surface area contributed by atoms with Crippen molar-refractivity contribution in [2.75, 3.05) is 23.4 Å². The van der Waals surface area contributed by atoms with E-state index in [0.29, 0.717) is 30.1 Å². The van der Waals surface area contributed by atoms with Crippen LogP contribution in [0, 0.1) is 5.41 Å². The normalized spacial score (nSPS) is 11.8. The fourth-order valence-corrected chi connectivity index (χ4v) is 4.04. The topological polar surface area (TPSA) is 142 Å². The van der Waals surface area contributed by atoms with E-state index in [1.165, 1.54) is 0 Å². The quantitative estimate of drug-likeness (QED) is 0.106. The Morgan fingerprint density at radius 3 is 2.68 bits per heavy atom. The van der Waals surface area contributed by atoms with Gasteiger partial charge < -0.3 is 30.4 Å². The van der Waals surface area contributed by atoms with Crippen molar-refractivity contribution in [2.24, 2.45) is 12.8 Å². The lowest BCUT2D eigenvalue weighted by Gasteiger charge is -2.29. The predicted octanol–water partition coefficient (Wildman–Crippen LogP) is 3.32. The first-order chi connectivity index (χ1) is 17.9. The molecule has 0 aliphatic heterocycles. The molecule has 0 aliphatic rings. The summed E-state index contributed by atoms with van der Waals surface area (Å²) in [4.78, 5) is 22.8. The Morgan fingerprint density at radius 2 is 2.00 bits per heavy atom. The highest BCUT2D eigenvalue weighted by atomic mass is 16.5. The van der Waals surface area contributed by atoms with Crippen molar-refractivity contribution < 1.29 is 14.6 Å². The number of hydrogen-bond acceptors (Lipinski definition) is 8. The molecule has 0 bridgehead atoms. The minimum Gasteiger partial charge on any atom is -0.466 e. The van der Waals surface area contributed by atoms with Gasteiger partial charge in [-0.2, -0.15) is 0 Å². The number of rotatable bonds is 11. The first-order valence-electron chi connectivity index (χ1n) is 12.0. The van der Waals surface area contributed by atoms with Crippen molar-refractivity contribution in [3.63, 3.8) is 0 Å². The van der Waals surface area contributed by atoms with E-state index in [9.17, 15) is 9.90 Å². The summed E-state index contributed by atoms with van der Waals surface area (Å²) in [5.74, 6) is 1.08. The number of imidazole rings is 1. The summed E-state index contributed by atoms with van der Waals surface area (Å²) < 4.78 is 7.06. The van der Waals surface area contributed by atoms with Gasteiger partial charge in [-0.1, -0.05) is 12.1 Å². The van der Waals surface area contributed by atoms with Crippen LogP contribution < -0.4 is 16.0 Å². The van der Waals surface area contributed by atoms with Crippen LogP contribution in [0.4, 0.5) is 11.5 Å². The van der Waals surface area contributed by atoms with Gasteiger partial charge in [0.15, 0.2) is 6.23 Å². The van der Waals surface area contributed by atoms with Crippen LogP contribution in [0.5, 0.6) is 0 Å². The van der Waals surface area contributed by atoms with Gasteiger partial charge in [0, 0.05) is 36.6 Å². The maximum absolute atomic E-state index is 12.0. The smallest absolute Gasteiger partial charge is 0.307 e. The zero-order valence-electron chi connectivity index (χ0n) is 20.9. The number of aryl methyl sites for hydroxylation is 1. The zero-order chi connectivity index (χ0) is 26.4. The minimum atomic E-state index is -1.03. The van der Waals surface area contributed by atoms with Gasteiger partial charge in [-0.15, -0.1) is 0 Å². The van der Waals surface area contributed by atoms with E-state index in [-0.39, 0.29) is 24.8 Å². The second-order valence-corrected chi connectivity index (χ2v) is 8.49. The first-order valence-corrected chi connectivity index (χ1v) is 12.0. The number of hydrogen-bond donors (Lipinski definition) is 4. The van der Waals surface area contributed by atoms with Crippen molar-refractivity contribution in [3.8, 4) is 0 Å². The molecule has 10 nitrogen and oxygen atoms in total. The third-order valence-electron chi connectivity index (χ3n) is 6.04. The molecule has 0 saturated heterocycles. The standard InChI is InChI=1S/C27H31N7O3/c1-3-37-25(35)13-15-34(23-6-4-5-14-30-23)27(36)19-9-12-22-21(16-19)32-24(33(22)2)17-31-20-10-7-18(8-11-20)26(28)29/h4-12,14,16,27,31,36H,3,13,15,17H2,1-2H3,(H3,28,29). The van der Waals surface area contributed by atoms with Crippen molar-refractivity contribution >= 4 is 34.3 Å². The lowest BCUT2D eigenvalue weighted by atomic mass is 10.1.